The SMILES string of the molecule is Cc1cc(C(=O)CN2CCC3(CC2)OCCO3)c(C)n1CCc1ccccc1. The van der Waals surface area contributed by atoms with E-state index < -0.39 is 0 Å². The minimum atomic E-state index is -0.382. The lowest BCUT2D eigenvalue weighted by Crippen LogP contribution is -2.46. The van der Waals surface area contributed by atoms with Crippen LogP contribution in [0.1, 0.15) is 40.2 Å². The van der Waals surface area contributed by atoms with E-state index in [9.17, 15) is 4.79 Å². The zero-order valence-corrected chi connectivity index (χ0v) is 16.9. The third kappa shape index (κ3) is 4.07. The summed E-state index contributed by atoms with van der Waals surface area (Å²) in [4.78, 5) is 15.2. The maximum atomic E-state index is 13.0. The molecule has 1 aromatic heterocycles. The van der Waals surface area contributed by atoms with Crippen LogP contribution in [-0.4, -0.2) is 53.9 Å². The van der Waals surface area contributed by atoms with Gasteiger partial charge in [-0.1, -0.05) is 30.3 Å². The summed E-state index contributed by atoms with van der Waals surface area (Å²) >= 11 is 0. The van der Waals surface area contributed by atoms with Crippen molar-refractivity contribution < 1.29 is 14.3 Å². The monoisotopic (exact) mass is 382 g/mol. The molecule has 4 rings (SSSR count). The number of hydrogen-bond donors (Lipinski definition) is 0. The van der Waals surface area contributed by atoms with Crippen molar-refractivity contribution in [1.82, 2.24) is 9.47 Å². The molecule has 0 saturated carbocycles. The van der Waals surface area contributed by atoms with E-state index in [1.807, 2.05) is 6.07 Å². The van der Waals surface area contributed by atoms with Crippen LogP contribution >= 0.6 is 0 Å². The number of aryl methyl sites for hydroxylation is 2. The average Bonchev–Trinajstić information content (AvgIpc) is 3.28. The number of ketones is 1. The van der Waals surface area contributed by atoms with Crippen LogP contribution in [0.3, 0.4) is 0 Å². The molecule has 0 aliphatic carbocycles. The number of rotatable bonds is 6. The minimum absolute atomic E-state index is 0.211. The molecule has 2 saturated heterocycles. The molecular weight excluding hydrogens is 352 g/mol. The number of carbonyl (C=O) groups is 1. The topological polar surface area (TPSA) is 43.7 Å². The lowest BCUT2D eigenvalue weighted by Gasteiger charge is -2.37. The third-order valence-corrected chi connectivity index (χ3v) is 6.14. The molecule has 0 atom stereocenters. The van der Waals surface area contributed by atoms with Gasteiger partial charge in [-0.2, -0.15) is 0 Å². The van der Waals surface area contributed by atoms with Crippen LogP contribution in [0.2, 0.25) is 0 Å². The first-order valence-electron chi connectivity index (χ1n) is 10.3. The molecule has 2 aliphatic rings. The number of Topliss-reactive ketones (excluding diaryl/α,β-unsaturated/α-hetero) is 1. The molecule has 28 heavy (non-hydrogen) atoms. The van der Waals surface area contributed by atoms with Crippen LogP contribution < -0.4 is 0 Å². The van der Waals surface area contributed by atoms with E-state index in [1.54, 1.807) is 0 Å². The molecule has 5 heteroatoms. The smallest absolute Gasteiger partial charge is 0.178 e. The van der Waals surface area contributed by atoms with Gasteiger partial charge in [-0.15, -0.1) is 0 Å². The molecular formula is C23H30N2O3. The van der Waals surface area contributed by atoms with Gasteiger partial charge in [-0.05, 0) is 31.9 Å². The van der Waals surface area contributed by atoms with E-state index in [0.29, 0.717) is 19.8 Å². The molecule has 0 N–H and O–H groups in total. The van der Waals surface area contributed by atoms with Crippen LogP contribution in [0.25, 0.3) is 0 Å². The lowest BCUT2D eigenvalue weighted by molar-refractivity contribution is -0.184. The molecule has 0 bridgehead atoms. The van der Waals surface area contributed by atoms with E-state index in [-0.39, 0.29) is 11.6 Å². The quantitative estimate of drug-likeness (QED) is 0.719. The number of carbonyl (C=O) groups excluding carboxylic acids is 1. The van der Waals surface area contributed by atoms with Gasteiger partial charge in [0, 0.05) is 49.4 Å². The van der Waals surface area contributed by atoms with Crippen molar-refractivity contribution in [2.75, 3.05) is 32.8 Å². The second kappa shape index (κ2) is 8.19. The molecule has 150 valence electrons. The number of hydrogen-bond acceptors (Lipinski definition) is 4. The maximum absolute atomic E-state index is 13.0. The first-order chi connectivity index (χ1) is 13.6. The molecule has 2 aromatic rings. The summed E-state index contributed by atoms with van der Waals surface area (Å²) in [5.41, 5.74) is 4.41. The van der Waals surface area contributed by atoms with Gasteiger partial charge >= 0.3 is 0 Å². The van der Waals surface area contributed by atoms with Crippen LogP contribution in [0.15, 0.2) is 36.4 Å². The summed E-state index contributed by atoms with van der Waals surface area (Å²) in [6.45, 7) is 8.60. The normalized spacial score (nSPS) is 19.4. The van der Waals surface area contributed by atoms with E-state index >= 15 is 0 Å². The Morgan fingerprint density at radius 2 is 1.75 bits per heavy atom. The minimum Gasteiger partial charge on any atom is -0.348 e. The Balaban J connectivity index is 1.37. The Morgan fingerprint density at radius 3 is 2.43 bits per heavy atom. The summed E-state index contributed by atoms with van der Waals surface area (Å²) < 4.78 is 13.8. The second-order valence-corrected chi connectivity index (χ2v) is 7.98. The van der Waals surface area contributed by atoms with Crippen LogP contribution in [0.4, 0.5) is 0 Å². The Hall–Kier alpha value is -1.95. The number of benzene rings is 1. The van der Waals surface area contributed by atoms with Gasteiger partial charge in [0.15, 0.2) is 11.6 Å². The van der Waals surface area contributed by atoms with Gasteiger partial charge in [0.25, 0.3) is 0 Å². The molecule has 2 aliphatic heterocycles. The molecule has 0 amide bonds. The predicted molar refractivity (Wildman–Crippen MR) is 109 cm³/mol. The lowest BCUT2D eigenvalue weighted by atomic mass is 10.0. The van der Waals surface area contributed by atoms with Gasteiger partial charge < -0.3 is 14.0 Å². The van der Waals surface area contributed by atoms with E-state index in [4.69, 9.17) is 9.47 Å². The largest absolute Gasteiger partial charge is 0.348 e. The first kappa shape index (κ1) is 19.4. The maximum Gasteiger partial charge on any atom is 0.178 e. The number of ether oxygens (including phenoxy) is 2. The summed E-state index contributed by atoms with van der Waals surface area (Å²) in [7, 11) is 0. The Kier molecular flexibility index (Phi) is 5.67. The first-order valence-corrected chi connectivity index (χ1v) is 10.3. The van der Waals surface area contributed by atoms with E-state index in [0.717, 1.165) is 55.8 Å². The van der Waals surface area contributed by atoms with Gasteiger partial charge in [-0.3, -0.25) is 9.69 Å². The van der Waals surface area contributed by atoms with E-state index in [2.05, 4.69) is 53.6 Å². The second-order valence-electron chi connectivity index (χ2n) is 7.98. The van der Waals surface area contributed by atoms with Crippen molar-refractivity contribution in [3.05, 3.63) is 58.9 Å². The van der Waals surface area contributed by atoms with Crippen LogP contribution in [-0.2, 0) is 22.4 Å². The molecule has 5 nitrogen and oxygen atoms in total. The van der Waals surface area contributed by atoms with Gasteiger partial charge in [-0.25, -0.2) is 0 Å². The highest BCUT2D eigenvalue weighted by atomic mass is 16.7. The van der Waals surface area contributed by atoms with Crippen molar-refractivity contribution in [2.45, 2.75) is 45.4 Å². The summed E-state index contributed by atoms with van der Waals surface area (Å²) in [5, 5.41) is 0. The molecule has 0 unspecified atom stereocenters. The van der Waals surface area contributed by atoms with Gasteiger partial charge in [0.05, 0.1) is 19.8 Å². The molecule has 3 heterocycles. The summed E-state index contributed by atoms with van der Waals surface area (Å²) in [6.07, 6.45) is 2.66. The average molecular weight is 383 g/mol. The molecule has 1 aromatic carbocycles. The van der Waals surface area contributed by atoms with Crippen LogP contribution in [0.5, 0.6) is 0 Å². The highest BCUT2D eigenvalue weighted by molar-refractivity contribution is 5.99. The third-order valence-electron chi connectivity index (χ3n) is 6.14. The van der Waals surface area contributed by atoms with E-state index in [1.165, 1.54) is 5.56 Å². The Morgan fingerprint density at radius 1 is 1.07 bits per heavy atom. The molecule has 1 spiro atoms. The fourth-order valence-corrected chi connectivity index (χ4v) is 4.44. The number of piperidine rings is 1. The fourth-order valence-electron chi connectivity index (χ4n) is 4.44. The summed E-state index contributed by atoms with van der Waals surface area (Å²) in [6, 6.07) is 12.5. The molecule has 0 radical (unpaired) electrons. The molecule has 2 fully saturated rings. The number of aromatic nitrogens is 1. The van der Waals surface area contributed by atoms with Gasteiger partial charge in [0.1, 0.15) is 0 Å². The van der Waals surface area contributed by atoms with Crippen molar-refractivity contribution in [2.24, 2.45) is 0 Å². The highest BCUT2D eigenvalue weighted by Crippen LogP contribution is 2.31. The number of nitrogens with zero attached hydrogens (tertiary/aromatic N) is 2. The Labute approximate surface area is 167 Å². The summed E-state index contributed by atoms with van der Waals surface area (Å²) in [5.74, 6) is -0.171. The van der Waals surface area contributed by atoms with Crippen molar-refractivity contribution in [3.8, 4) is 0 Å². The number of likely N-dealkylation sites (tertiary alicyclic amines) is 1. The van der Waals surface area contributed by atoms with Crippen LogP contribution in [0, 0.1) is 13.8 Å². The predicted octanol–water partition coefficient (Wildman–Crippen LogP) is 3.37. The zero-order valence-electron chi connectivity index (χ0n) is 16.9. The highest BCUT2D eigenvalue weighted by Gasteiger charge is 2.40. The van der Waals surface area contributed by atoms with Crippen molar-refractivity contribution in [3.63, 3.8) is 0 Å². The van der Waals surface area contributed by atoms with Crippen molar-refractivity contribution >= 4 is 5.78 Å². The fraction of sp³-hybridized carbons (Fsp3) is 0.522. The van der Waals surface area contributed by atoms with Crippen molar-refractivity contribution in [1.29, 1.82) is 0 Å². The Bertz CT molecular complexity index is 812. The standard InChI is InChI=1S/C23H30N2O3/c1-18-16-21(19(2)25(18)11-8-20-6-4-3-5-7-20)22(26)17-24-12-9-23(10-13-24)27-14-15-28-23/h3-7,16H,8-15,17H2,1-2H3. The van der Waals surface area contributed by atoms with Gasteiger partial charge in [0.2, 0.25) is 0 Å². The zero-order chi connectivity index (χ0) is 19.6.